The van der Waals surface area contributed by atoms with Gasteiger partial charge in [0.1, 0.15) is 0 Å². The summed E-state index contributed by atoms with van der Waals surface area (Å²) in [6.45, 7) is 2.19. The predicted octanol–water partition coefficient (Wildman–Crippen LogP) is 4.71. The molecule has 0 N–H and O–H groups in total. The molecule has 19 heavy (non-hydrogen) atoms. The third-order valence-electron chi connectivity index (χ3n) is 3.45. The van der Waals surface area contributed by atoms with Crippen LogP contribution in [0.3, 0.4) is 0 Å². The Bertz CT molecular complexity index is 665. The van der Waals surface area contributed by atoms with E-state index < -0.39 is 0 Å². The summed E-state index contributed by atoms with van der Waals surface area (Å²) >= 11 is 0. The van der Waals surface area contributed by atoms with Gasteiger partial charge < -0.3 is 4.57 Å². The van der Waals surface area contributed by atoms with Crippen molar-refractivity contribution in [3.63, 3.8) is 0 Å². The third-order valence-corrected chi connectivity index (χ3v) is 3.45. The lowest BCUT2D eigenvalue weighted by Gasteiger charge is -2.08. The van der Waals surface area contributed by atoms with Crippen molar-refractivity contribution in [2.75, 3.05) is 0 Å². The summed E-state index contributed by atoms with van der Waals surface area (Å²) in [5.74, 6) is 0. The van der Waals surface area contributed by atoms with Crippen LogP contribution in [0.1, 0.15) is 12.5 Å². The second-order valence-corrected chi connectivity index (χ2v) is 4.66. The Balaban J connectivity index is 2.02. The highest BCUT2D eigenvalue weighted by Crippen LogP contribution is 2.23. The molecule has 3 aromatic rings. The zero-order valence-electron chi connectivity index (χ0n) is 11.1. The maximum atomic E-state index is 2.21. The molecule has 0 radical (unpaired) electrons. The van der Waals surface area contributed by atoms with E-state index in [0.29, 0.717) is 0 Å². The van der Waals surface area contributed by atoms with E-state index in [0.717, 1.165) is 6.42 Å². The minimum absolute atomic E-state index is 1.05. The van der Waals surface area contributed by atoms with E-state index in [-0.39, 0.29) is 0 Å². The van der Waals surface area contributed by atoms with Crippen LogP contribution < -0.4 is 0 Å². The fraction of sp³-hybridized carbons (Fsp3) is 0.111. The molecular weight excluding hydrogens is 230 g/mol. The lowest BCUT2D eigenvalue weighted by molar-refractivity contribution is 1.02. The fourth-order valence-electron chi connectivity index (χ4n) is 2.41. The first-order valence-electron chi connectivity index (χ1n) is 6.70. The Labute approximate surface area is 114 Å². The van der Waals surface area contributed by atoms with Crippen LogP contribution in [-0.2, 0) is 6.42 Å². The fourth-order valence-corrected chi connectivity index (χ4v) is 2.41. The van der Waals surface area contributed by atoms with Crippen molar-refractivity contribution in [3.05, 3.63) is 78.6 Å². The number of nitrogens with zero attached hydrogens (tertiary/aromatic N) is 1. The molecule has 0 unspecified atom stereocenters. The molecule has 2 aromatic carbocycles. The van der Waals surface area contributed by atoms with Gasteiger partial charge in [-0.3, -0.25) is 0 Å². The van der Waals surface area contributed by atoms with Crippen molar-refractivity contribution >= 4 is 0 Å². The molecule has 0 fully saturated rings. The van der Waals surface area contributed by atoms with E-state index in [1.165, 1.54) is 22.4 Å². The summed E-state index contributed by atoms with van der Waals surface area (Å²) in [4.78, 5) is 0. The summed E-state index contributed by atoms with van der Waals surface area (Å²) in [7, 11) is 0. The van der Waals surface area contributed by atoms with Crippen LogP contribution in [0.5, 0.6) is 0 Å². The number of rotatable bonds is 3. The average molecular weight is 247 g/mol. The minimum Gasteiger partial charge on any atom is -0.323 e. The molecule has 0 bridgehead atoms. The highest BCUT2D eigenvalue weighted by molar-refractivity contribution is 5.63. The first-order valence-corrected chi connectivity index (χ1v) is 6.70. The molecule has 0 saturated heterocycles. The second kappa shape index (κ2) is 5.15. The Morgan fingerprint density at radius 1 is 0.789 bits per heavy atom. The third kappa shape index (κ3) is 2.32. The van der Waals surface area contributed by atoms with Crippen LogP contribution in [0, 0.1) is 0 Å². The number of benzene rings is 2. The Hall–Kier alpha value is -2.28. The largest absolute Gasteiger partial charge is 0.323 e. The van der Waals surface area contributed by atoms with E-state index in [1.807, 2.05) is 6.07 Å². The topological polar surface area (TPSA) is 4.93 Å². The SMILES string of the molecule is CCc1ccccc1-n1ccc(-c2ccccc2)c1. The van der Waals surface area contributed by atoms with Gasteiger partial charge in [0.05, 0.1) is 0 Å². The molecule has 3 rings (SSSR count). The summed E-state index contributed by atoms with van der Waals surface area (Å²) in [6.07, 6.45) is 5.38. The van der Waals surface area contributed by atoms with Crippen LogP contribution >= 0.6 is 0 Å². The van der Waals surface area contributed by atoms with Crippen molar-refractivity contribution < 1.29 is 0 Å². The van der Waals surface area contributed by atoms with E-state index in [9.17, 15) is 0 Å². The number of hydrogen-bond donors (Lipinski definition) is 0. The quantitative estimate of drug-likeness (QED) is 0.632. The van der Waals surface area contributed by atoms with Crippen LogP contribution in [0.15, 0.2) is 73.1 Å². The molecule has 0 saturated carbocycles. The molecule has 94 valence electrons. The van der Waals surface area contributed by atoms with Gasteiger partial charge in [0.15, 0.2) is 0 Å². The summed E-state index contributed by atoms with van der Waals surface area (Å²) in [5.41, 5.74) is 5.16. The monoisotopic (exact) mass is 247 g/mol. The average Bonchev–Trinajstić information content (AvgIpc) is 2.98. The molecule has 0 aliphatic heterocycles. The highest BCUT2D eigenvalue weighted by Gasteiger charge is 2.04. The molecule has 0 amide bonds. The Morgan fingerprint density at radius 3 is 2.32 bits per heavy atom. The molecule has 1 heterocycles. The van der Waals surface area contributed by atoms with Crippen LogP contribution in [0.25, 0.3) is 16.8 Å². The van der Waals surface area contributed by atoms with Gasteiger partial charge in [0.25, 0.3) is 0 Å². The van der Waals surface area contributed by atoms with Crippen LogP contribution in [0.4, 0.5) is 0 Å². The molecule has 1 heteroatoms. The van der Waals surface area contributed by atoms with Crippen molar-refractivity contribution in [1.82, 2.24) is 4.57 Å². The maximum absolute atomic E-state index is 2.21. The molecule has 1 nitrogen and oxygen atoms in total. The zero-order valence-corrected chi connectivity index (χ0v) is 11.1. The first kappa shape index (κ1) is 11.8. The summed E-state index contributed by atoms with van der Waals surface area (Å²) in [6, 6.07) is 21.2. The molecule has 0 aliphatic carbocycles. The van der Waals surface area contributed by atoms with Gasteiger partial charge in [-0.05, 0) is 35.2 Å². The Morgan fingerprint density at radius 2 is 1.53 bits per heavy atom. The minimum atomic E-state index is 1.05. The van der Waals surface area contributed by atoms with Gasteiger partial charge in [-0.25, -0.2) is 0 Å². The van der Waals surface area contributed by atoms with Crippen molar-refractivity contribution in [3.8, 4) is 16.8 Å². The van der Waals surface area contributed by atoms with Gasteiger partial charge in [0, 0.05) is 18.1 Å². The number of aromatic nitrogens is 1. The van der Waals surface area contributed by atoms with Crippen molar-refractivity contribution in [1.29, 1.82) is 0 Å². The first-order chi connectivity index (χ1) is 9.38. The zero-order chi connectivity index (χ0) is 13.1. The number of aryl methyl sites for hydroxylation is 1. The molecule has 0 aliphatic rings. The van der Waals surface area contributed by atoms with E-state index in [4.69, 9.17) is 0 Å². The number of hydrogen-bond acceptors (Lipinski definition) is 0. The van der Waals surface area contributed by atoms with Gasteiger partial charge in [-0.1, -0.05) is 55.5 Å². The summed E-state index contributed by atoms with van der Waals surface area (Å²) in [5, 5.41) is 0. The van der Waals surface area contributed by atoms with Gasteiger partial charge in [-0.2, -0.15) is 0 Å². The van der Waals surface area contributed by atoms with Crippen LogP contribution in [-0.4, -0.2) is 4.57 Å². The van der Waals surface area contributed by atoms with Crippen LogP contribution in [0.2, 0.25) is 0 Å². The highest BCUT2D eigenvalue weighted by atomic mass is 14.9. The Kier molecular flexibility index (Phi) is 3.20. The second-order valence-electron chi connectivity index (χ2n) is 4.66. The number of para-hydroxylation sites is 1. The van der Waals surface area contributed by atoms with Gasteiger partial charge in [-0.15, -0.1) is 0 Å². The lowest BCUT2D eigenvalue weighted by Crippen LogP contribution is -1.95. The smallest absolute Gasteiger partial charge is 0.0481 e. The van der Waals surface area contributed by atoms with E-state index in [2.05, 4.69) is 78.5 Å². The predicted molar refractivity (Wildman–Crippen MR) is 80.6 cm³/mol. The van der Waals surface area contributed by atoms with Crippen molar-refractivity contribution in [2.45, 2.75) is 13.3 Å². The van der Waals surface area contributed by atoms with E-state index >= 15 is 0 Å². The lowest BCUT2D eigenvalue weighted by atomic mass is 10.1. The van der Waals surface area contributed by atoms with E-state index in [1.54, 1.807) is 0 Å². The molecule has 0 atom stereocenters. The standard InChI is InChI=1S/C18H17N/c1-2-15-8-6-7-11-18(15)19-13-12-17(14-19)16-9-4-3-5-10-16/h3-14H,2H2,1H3. The van der Waals surface area contributed by atoms with Gasteiger partial charge in [0.2, 0.25) is 0 Å². The van der Waals surface area contributed by atoms with Gasteiger partial charge >= 0.3 is 0 Å². The molecular formula is C18H17N. The molecule has 0 spiro atoms. The summed E-state index contributed by atoms with van der Waals surface area (Å²) < 4.78 is 2.21. The van der Waals surface area contributed by atoms with Crippen molar-refractivity contribution in [2.24, 2.45) is 0 Å². The maximum Gasteiger partial charge on any atom is 0.0481 e. The molecule has 1 aromatic heterocycles. The normalized spacial score (nSPS) is 10.6.